The van der Waals surface area contributed by atoms with Crippen molar-refractivity contribution in [2.24, 2.45) is 0 Å². The van der Waals surface area contributed by atoms with E-state index < -0.39 is 10.0 Å². The van der Waals surface area contributed by atoms with Crippen molar-refractivity contribution < 1.29 is 8.42 Å². The standard InChI is InChI=1S/C11H23NO2S/c1-4-5-10-15(13,14)12-9-7-6-8-11(2)3/h8,12H,4-7,9-10H2,1-3H3. The van der Waals surface area contributed by atoms with Crippen LogP contribution in [0.2, 0.25) is 0 Å². The molecule has 0 aromatic heterocycles. The molecule has 15 heavy (non-hydrogen) atoms. The third-order valence-electron chi connectivity index (χ3n) is 2.02. The van der Waals surface area contributed by atoms with Crippen LogP contribution in [-0.2, 0) is 10.0 Å². The third-order valence-corrected chi connectivity index (χ3v) is 3.49. The summed E-state index contributed by atoms with van der Waals surface area (Å²) >= 11 is 0. The van der Waals surface area contributed by atoms with Crippen LogP contribution in [0.5, 0.6) is 0 Å². The number of unbranched alkanes of at least 4 members (excludes halogenated alkanes) is 2. The van der Waals surface area contributed by atoms with Crippen molar-refractivity contribution >= 4 is 10.0 Å². The minimum Gasteiger partial charge on any atom is -0.215 e. The first-order chi connectivity index (χ1) is 6.98. The van der Waals surface area contributed by atoms with Gasteiger partial charge in [0.1, 0.15) is 0 Å². The van der Waals surface area contributed by atoms with Gasteiger partial charge in [-0.2, -0.15) is 0 Å². The van der Waals surface area contributed by atoms with E-state index in [-0.39, 0.29) is 5.75 Å². The summed E-state index contributed by atoms with van der Waals surface area (Å²) in [4.78, 5) is 0. The van der Waals surface area contributed by atoms with Crippen LogP contribution in [0.3, 0.4) is 0 Å². The summed E-state index contributed by atoms with van der Waals surface area (Å²) in [5, 5.41) is 0. The van der Waals surface area contributed by atoms with Crippen LogP contribution in [0.15, 0.2) is 11.6 Å². The summed E-state index contributed by atoms with van der Waals surface area (Å²) in [5.74, 6) is 0.256. The number of sulfonamides is 1. The highest BCUT2D eigenvalue weighted by Crippen LogP contribution is 1.98. The molecule has 1 N–H and O–H groups in total. The van der Waals surface area contributed by atoms with Gasteiger partial charge in [0.25, 0.3) is 0 Å². The number of allylic oxidation sites excluding steroid dienone is 2. The van der Waals surface area contributed by atoms with Gasteiger partial charge in [-0.25, -0.2) is 13.1 Å². The lowest BCUT2D eigenvalue weighted by atomic mass is 10.2. The van der Waals surface area contributed by atoms with E-state index in [1.54, 1.807) is 0 Å². The molecule has 0 spiro atoms. The topological polar surface area (TPSA) is 46.2 Å². The molecule has 0 saturated carbocycles. The predicted molar refractivity (Wildman–Crippen MR) is 65.4 cm³/mol. The average Bonchev–Trinajstić information content (AvgIpc) is 2.14. The number of nitrogens with one attached hydrogen (secondary N) is 1. The van der Waals surface area contributed by atoms with Crippen molar-refractivity contribution in [1.29, 1.82) is 0 Å². The van der Waals surface area contributed by atoms with Crippen LogP contribution in [-0.4, -0.2) is 20.7 Å². The van der Waals surface area contributed by atoms with Crippen LogP contribution >= 0.6 is 0 Å². The summed E-state index contributed by atoms with van der Waals surface area (Å²) in [5.41, 5.74) is 1.28. The normalized spacial score (nSPS) is 11.4. The minimum absolute atomic E-state index is 0.256. The van der Waals surface area contributed by atoms with Gasteiger partial charge in [-0.05, 0) is 33.1 Å². The first-order valence-corrected chi connectivity index (χ1v) is 7.24. The first-order valence-electron chi connectivity index (χ1n) is 5.58. The lowest BCUT2D eigenvalue weighted by Gasteiger charge is -2.04. The van der Waals surface area contributed by atoms with Crippen molar-refractivity contribution in [2.45, 2.75) is 46.5 Å². The molecule has 3 nitrogen and oxygen atoms in total. The molecule has 0 aromatic carbocycles. The maximum Gasteiger partial charge on any atom is 0.211 e. The molecule has 0 fully saturated rings. The molecule has 0 unspecified atom stereocenters. The predicted octanol–water partition coefficient (Wildman–Crippen LogP) is 2.45. The van der Waals surface area contributed by atoms with Crippen LogP contribution in [0.4, 0.5) is 0 Å². The van der Waals surface area contributed by atoms with Crippen molar-refractivity contribution in [3.8, 4) is 0 Å². The second-order valence-electron chi connectivity index (χ2n) is 3.99. The Morgan fingerprint density at radius 2 is 1.93 bits per heavy atom. The van der Waals surface area contributed by atoms with Crippen molar-refractivity contribution in [3.05, 3.63) is 11.6 Å². The second-order valence-corrected chi connectivity index (χ2v) is 5.92. The molecule has 0 aliphatic rings. The molecule has 0 rings (SSSR count). The quantitative estimate of drug-likeness (QED) is 0.517. The lowest BCUT2D eigenvalue weighted by Crippen LogP contribution is -2.27. The Kier molecular flexibility index (Phi) is 7.70. The maximum atomic E-state index is 11.4. The molecule has 0 aliphatic heterocycles. The van der Waals surface area contributed by atoms with E-state index in [1.165, 1.54) is 5.57 Å². The fourth-order valence-electron chi connectivity index (χ4n) is 1.13. The lowest BCUT2D eigenvalue weighted by molar-refractivity contribution is 0.576. The number of hydrogen-bond acceptors (Lipinski definition) is 2. The SMILES string of the molecule is CCCCS(=O)(=O)NCCCC=C(C)C. The molecule has 0 radical (unpaired) electrons. The Balaban J connectivity index is 3.62. The van der Waals surface area contributed by atoms with Gasteiger partial charge in [0, 0.05) is 6.54 Å². The fourth-order valence-corrected chi connectivity index (χ4v) is 2.40. The van der Waals surface area contributed by atoms with E-state index >= 15 is 0 Å². The van der Waals surface area contributed by atoms with E-state index in [4.69, 9.17) is 0 Å². The van der Waals surface area contributed by atoms with Gasteiger partial charge in [0.15, 0.2) is 0 Å². The molecule has 0 aromatic rings. The van der Waals surface area contributed by atoms with Crippen LogP contribution in [0, 0.1) is 0 Å². The summed E-state index contributed by atoms with van der Waals surface area (Å²) < 4.78 is 25.3. The van der Waals surface area contributed by atoms with Gasteiger partial charge in [-0.15, -0.1) is 0 Å². The van der Waals surface area contributed by atoms with Gasteiger partial charge >= 0.3 is 0 Å². The molecule has 0 heterocycles. The molecule has 4 heteroatoms. The molecule has 90 valence electrons. The minimum atomic E-state index is -3.02. The Hall–Kier alpha value is -0.350. The second kappa shape index (κ2) is 7.88. The van der Waals surface area contributed by atoms with Crippen molar-refractivity contribution in [2.75, 3.05) is 12.3 Å². The molecular weight excluding hydrogens is 210 g/mol. The summed E-state index contributed by atoms with van der Waals surface area (Å²) in [6.45, 7) is 6.64. The van der Waals surface area contributed by atoms with E-state index in [9.17, 15) is 8.42 Å². The van der Waals surface area contributed by atoms with Crippen LogP contribution in [0.25, 0.3) is 0 Å². The molecule has 0 atom stereocenters. The smallest absolute Gasteiger partial charge is 0.211 e. The zero-order chi connectivity index (χ0) is 11.7. The largest absolute Gasteiger partial charge is 0.215 e. The van der Waals surface area contributed by atoms with Gasteiger partial charge < -0.3 is 0 Å². The molecular formula is C11H23NO2S. The number of hydrogen-bond donors (Lipinski definition) is 1. The third kappa shape index (κ3) is 9.94. The number of rotatable bonds is 8. The average molecular weight is 233 g/mol. The van der Waals surface area contributed by atoms with Gasteiger partial charge in [-0.3, -0.25) is 0 Å². The first kappa shape index (κ1) is 14.6. The Morgan fingerprint density at radius 1 is 1.27 bits per heavy atom. The summed E-state index contributed by atoms with van der Waals surface area (Å²) in [7, 11) is -3.02. The van der Waals surface area contributed by atoms with E-state index in [1.807, 2.05) is 20.8 Å². The van der Waals surface area contributed by atoms with E-state index in [0.717, 1.165) is 25.7 Å². The zero-order valence-electron chi connectivity index (χ0n) is 10.0. The molecule has 0 amide bonds. The van der Waals surface area contributed by atoms with Crippen LogP contribution in [0.1, 0.15) is 46.5 Å². The Bertz CT molecular complexity index is 277. The Labute approximate surface area is 94.0 Å². The Morgan fingerprint density at radius 3 is 2.47 bits per heavy atom. The van der Waals surface area contributed by atoms with E-state index in [2.05, 4.69) is 10.8 Å². The van der Waals surface area contributed by atoms with Crippen molar-refractivity contribution in [1.82, 2.24) is 4.72 Å². The van der Waals surface area contributed by atoms with Crippen LogP contribution < -0.4 is 4.72 Å². The molecule has 0 aliphatic carbocycles. The fraction of sp³-hybridized carbons (Fsp3) is 0.818. The van der Waals surface area contributed by atoms with Crippen molar-refractivity contribution in [3.63, 3.8) is 0 Å². The maximum absolute atomic E-state index is 11.4. The summed E-state index contributed by atoms with van der Waals surface area (Å²) in [6.07, 6.45) is 5.59. The molecule has 0 saturated heterocycles. The highest BCUT2D eigenvalue weighted by molar-refractivity contribution is 7.89. The van der Waals surface area contributed by atoms with Gasteiger partial charge in [-0.1, -0.05) is 25.0 Å². The highest BCUT2D eigenvalue weighted by atomic mass is 32.2. The highest BCUT2D eigenvalue weighted by Gasteiger charge is 2.07. The zero-order valence-corrected chi connectivity index (χ0v) is 10.9. The van der Waals surface area contributed by atoms with Gasteiger partial charge in [0.05, 0.1) is 5.75 Å². The molecule has 0 bridgehead atoms. The monoisotopic (exact) mass is 233 g/mol. The van der Waals surface area contributed by atoms with E-state index in [0.29, 0.717) is 6.54 Å². The van der Waals surface area contributed by atoms with Gasteiger partial charge in [0.2, 0.25) is 10.0 Å². The summed E-state index contributed by atoms with van der Waals surface area (Å²) in [6, 6.07) is 0.